The molecule has 1 nitrogen and oxygen atoms in total. The first-order valence-electron chi connectivity index (χ1n) is 3.31. The lowest BCUT2D eigenvalue weighted by atomic mass is 10.1. The molecule has 0 saturated carbocycles. The standard InChI is InChI=1S/C7H14N/c1-3-7-4-5-8(2)6-7/h3,7H,4-6H2,1-2H3. The first-order chi connectivity index (χ1) is 3.83. The Morgan fingerprint density at radius 1 is 1.62 bits per heavy atom. The molecule has 47 valence electrons. The first kappa shape index (κ1) is 6.09. The molecule has 1 atom stereocenters. The second-order valence-electron chi connectivity index (χ2n) is 2.64. The van der Waals surface area contributed by atoms with Crippen molar-refractivity contribution in [1.29, 1.82) is 0 Å². The van der Waals surface area contributed by atoms with Crippen molar-refractivity contribution in [3.8, 4) is 0 Å². The van der Waals surface area contributed by atoms with Crippen molar-refractivity contribution in [3.63, 3.8) is 0 Å². The van der Waals surface area contributed by atoms with E-state index in [2.05, 4.69) is 25.3 Å². The van der Waals surface area contributed by atoms with E-state index in [0.29, 0.717) is 0 Å². The van der Waals surface area contributed by atoms with E-state index in [0.717, 1.165) is 5.92 Å². The van der Waals surface area contributed by atoms with Crippen LogP contribution >= 0.6 is 0 Å². The van der Waals surface area contributed by atoms with Crippen molar-refractivity contribution in [2.75, 3.05) is 20.1 Å². The van der Waals surface area contributed by atoms with E-state index in [1.54, 1.807) is 0 Å². The molecule has 1 heterocycles. The monoisotopic (exact) mass is 112 g/mol. The highest BCUT2D eigenvalue weighted by molar-refractivity contribution is 4.80. The van der Waals surface area contributed by atoms with Gasteiger partial charge in [0.15, 0.2) is 0 Å². The Hall–Kier alpha value is -0.0400. The number of hydrogen-bond acceptors (Lipinski definition) is 1. The topological polar surface area (TPSA) is 3.24 Å². The van der Waals surface area contributed by atoms with Crippen LogP contribution in [0.3, 0.4) is 0 Å². The van der Waals surface area contributed by atoms with Crippen LogP contribution in [-0.2, 0) is 0 Å². The highest BCUT2D eigenvalue weighted by atomic mass is 15.1. The van der Waals surface area contributed by atoms with Crippen LogP contribution in [0.5, 0.6) is 0 Å². The molecule has 1 fully saturated rings. The van der Waals surface area contributed by atoms with E-state index >= 15 is 0 Å². The average Bonchev–Trinajstić information content (AvgIpc) is 2.14. The number of likely N-dealkylation sites (tertiary alicyclic amines) is 1. The Kier molecular flexibility index (Phi) is 1.90. The largest absolute Gasteiger partial charge is 0.306 e. The molecule has 0 amide bonds. The van der Waals surface area contributed by atoms with Gasteiger partial charge in [-0.25, -0.2) is 0 Å². The Balaban J connectivity index is 2.22. The Morgan fingerprint density at radius 3 is 2.62 bits per heavy atom. The third-order valence-corrected chi connectivity index (χ3v) is 1.90. The van der Waals surface area contributed by atoms with E-state index < -0.39 is 0 Å². The lowest BCUT2D eigenvalue weighted by molar-refractivity contribution is 0.404. The van der Waals surface area contributed by atoms with Gasteiger partial charge in [0.1, 0.15) is 0 Å². The minimum atomic E-state index is 0.875. The molecule has 1 aliphatic rings. The summed E-state index contributed by atoms with van der Waals surface area (Å²) in [4.78, 5) is 2.38. The third-order valence-electron chi connectivity index (χ3n) is 1.90. The SMILES string of the molecule is C[CH]C1CCN(C)C1. The van der Waals surface area contributed by atoms with Gasteiger partial charge < -0.3 is 4.90 Å². The van der Waals surface area contributed by atoms with Gasteiger partial charge in [0, 0.05) is 6.54 Å². The van der Waals surface area contributed by atoms with Gasteiger partial charge in [0.05, 0.1) is 0 Å². The third kappa shape index (κ3) is 1.22. The Bertz CT molecular complexity index is 70.8. The van der Waals surface area contributed by atoms with Gasteiger partial charge in [-0.3, -0.25) is 0 Å². The predicted molar refractivity (Wildman–Crippen MR) is 35.6 cm³/mol. The molecule has 0 bridgehead atoms. The predicted octanol–water partition coefficient (Wildman–Crippen LogP) is 1.16. The van der Waals surface area contributed by atoms with Gasteiger partial charge in [-0.05, 0) is 32.4 Å². The van der Waals surface area contributed by atoms with Crippen LogP contribution in [0.1, 0.15) is 13.3 Å². The Labute approximate surface area is 51.7 Å². The van der Waals surface area contributed by atoms with E-state index in [1.165, 1.54) is 19.5 Å². The molecule has 1 aliphatic heterocycles. The van der Waals surface area contributed by atoms with Crippen LogP contribution in [0, 0.1) is 12.3 Å². The summed E-state index contributed by atoms with van der Waals surface area (Å²) in [5, 5.41) is 0. The summed E-state index contributed by atoms with van der Waals surface area (Å²) in [7, 11) is 2.18. The van der Waals surface area contributed by atoms with Crippen molar-refractivity contribution in [3.05, 3.63) is 6.42 Å². The van der Waals surface area contributed by atoms with E-state index in [1.807, 2.05) is 0 Å². The molecule has 8 heavy (non-hydrogen) atoms. The van der Waals surface area contributed by atoms with E-state index in [9.17, 15) is 0 Å². The molecule has 0 aromatic rings. The molecule has 1 saturated heterocycles. The summed E-state index contributed by atoms with van der Waals surface area (Å²) in [6.07, 6.45) is 3.68. The maximum atomic E-state index is 2.38. The molecule has 0 aliphatic carbocycles. The summed E-state index contributed by atoms with van der Waals surface area (Å²) >= 11 is 0. The Morgan fingerprint density at radius 2 is 2.38 bits per heavy atom. The summed E-state index contributed by atoms with van der Waals surface area (Å²) in [5.74, 6) is 0.875. The van der Waals surface area contributed by atoms with Crippen molar-refractivity contribution < 1.29 is 0 Å². The number of rotatable bonds is 1. The zero-order valence-electron chi connectivity index (χ0n) is 5.72. The molecule has 1 unspecified atom stereocenters. The summed E-state index contributed by atoms with van der Waals surface area (Å²) in [6, 6.07) is 0. The van der Waals surface area contributed by atoms with Crippen LogP contribution in [0.15, 0.2) is 0 Å². The lowest BCUT2D eigenvalue weighted by Gasteiger charge is -2.05. The molecule has 0 aromatic carbocycles. The molecule has 1 rings (SSSR count). The van der Waals surface area contributed by atoms with Crippen molar-refractivity contribution in [2.24, 2.45) is 5.92 Å². The smallest absolute Gasteiger partial charge is 0.000973 e. The second kappa shape index (κ2) is 2.49. The molecule has 0 N–H and O–H groups in total. The lowest BCUT2D eigenvalue weighted by Crippen LogP contribution is -2.13. The number of hydrogen-bond donors (Lipinski definition) is 0. The maximum Gasteiger partial charge on any atom is 0.000973 e. The fourth-order valence-corrected chi connectivity index (χ4v) is 1.24. The van der Waals surface area contributed by atoms with Crippen molar-refractivity contribution in [1.82, 2.24) is 4.90 Å². The van der Waals surface area contributed by atoms with Gasteiger partial charge in [-0.15, -0.1) is 0 Å². The fraction of sp³-hybridized carbons (Fsp3) is 0.857. The molecule has 0 spiro atoms. The van der Waals surface area contributed by atoms with Crippen LogP contribution in [0.4, 0.5) is 0 Å². The van der Waals surface area contributed by atoms with E-state index in [-0.39, 0.29) is 0 Å². The molecular formula is C7H14N. The normalized spacial score (nSPS) is 31.5. The van der Waals surface area contributed by atoms with Gasteiger partial charge in [-0.1, -0.05) is 6.92 Å². The van der Waals surface area contributed by atoms with Crippen LogP contribution in [0.2, 0.25) is 0 Å². The highest BCUT2D eigenvalue weighted by Crippen LogP contribution is 2.15. The van der Waals surface area contributed by atoms with Crippen molar-refractivity contribution >= 4 is 0 Å². The zero-order chi connectivity index (χ0) is 5.98. The molecule has 0 aromatic heterocycles. The molecular weight excluding hydrogens is 98.1 g/mol. The van der Waals surface area contributed by atoms with Crippen LogP contribution < -0.4 is 0 Å². The van der Waals surface area contributed by atoms with E-state index in [4.69, 9.17) is 0 Å². The van der Waals surface area contributed by atoms with Gasteiger partial charge in [-0.2, -0.15) is 0 Å². The summed E-state index contributed by atoms with van der Waals surface area (Å²) in [5.41, 5.74) is 0. The summed E-state index contributed by atoms with van der Waals surface area (Å²) in [6.45, 7) is 4.72. The van der Waals surface area contributed by atoms with Crippen LogP contribution in [-0.4, -0.2) is 25.0 Å². The molecule has 1 radical (unpaired) electrons. The van der Waals surface area contributed by atoms with Crippen LogP contribution in [0.25, 0.3) is 0 Å². The van der Waals surface area contributed by atoms with Crippen molar-refractivity contribution in [2.45, 2.75) is 13.3 Å². The van der Waals surface area contributed by atoms with Gasteiger partial charge in [0.2, 0.25) is 0 Å². The quantitative estimate of drug-likeness (QED) is 0.492. The second-order valence-corrected chi connectivity index (χ2v) is 2.64. The van der Waals surface area contributed by atoms with Gasteiger partial charge in [0.25, 0.3) is 0 Å². The fourth-order valence-electron chi connectivity index (χ4n) is 1.24. The number of nitrogens with zero attached hydrogens (tertiary/aromatic N) is 1. The van der Waals surface area contributed by atoms with Gasteiger partial charge >= 0.3 is 0 Å². The maximum absolute atomic E-state index is 2.38. The molecule has 1 heteroatoms. The first-order valence-corrected chi connectivity index (χ1v) is 3.31. The minimum absolute atomic E-state index is 0.875. The zero-order valence-corrected chi connectivity index (χ0v) is 5.72. The minimum Gasteiger partial charge on any atom is -0.306 e. The highest BCUT2D eigenvalue weighted by Gasteiger charge is 2.16. The average molecular weight is 112 g/mol. The summed E-state index contributed by atoms with van der Waals surface area (Å²) < 4.78 is 0.